The second-order valence-electron chi connectivity index (χ2n) is 6.40. The maximum Gasteiger partial charge on any atom is 0.258 e. The first-order valence-electron chi connectivity index (χ1n) is 8.39. The summed E-state index contributed by atoms with van der Waals surface area (Å²) in [7, 11) is 0. The van der Waals surface area contributed by atoms with Gasteiger partial charge in [-0.1, -0.05) is 49.7 Å². The van der Waals surface area contributed by atoms with Crippen LogP contribution < -0.4 is 15.8 Å². The van der Waals surface area contributed by atoms with Crippen LogP contribution in [-0.2, 0) is 4.79 Å². The highest BCUT2D eigenvalue weighted by molar-refractivity contribution is 6.31. The van der Waals surface area contributed by atoms with Crippen molar-refractivity contribution in [2.24, 2.45) is 5.73 Å². The summed E-state index contributed by atoms with van der Waals surface area (Å²) in [5, 5.41) is 3.24. The molecule has 0 aliphatic carbocycles. The van der Waals surface area contributed by atoms with E-state index in [1.165, 1.54) is 17.7 Å². The largest absolute Gasteiger partial charge is 0.483 e. The van der Waals surface area contributed by atoms with E-state index in [0.717, 1.165) is 5.56 Å². The lowest BCUT2D eigenvalue weighted by Gasteiger charge is -2.16. The van der Waals surface area contributed by atoms with E-state index in [-0.39, 0.29) is 29.9 Å². The van der Waals surface area contributed by atoms with Crippen molar-refractivity contribution < 1.29 is 14.3 Å². The normalized spacial score (nSPS) is 11.9. The lowest BCUT2D eigenvalue weighted by Crippen LogP contribution is -2.31. The number of amides is 2. The number of rotatable bonds is 7. The second kappa shape index (κ2) is 8.72. The Morgan fingerprint density at radius 1 is 1.08 bits per heavy atom. The Hall–Kier alpha value is -2.53. The fourth-order valence-electron chi connectivity index (χ4n) is 2.50. The Morgan fingerprint density at radius 3 is 2.27 bits per heavy atom. The first-order valence-corrected chi connectivity index (χ1v) is 8.77. The van der Waals surface area contributed by atoms with Crippen LogP contribution in [0.3, 0.4) is 0 Å². The van der Waals surface area contributed by atoms with Crippen molar-refractivity contribution in [3.05, 3.63) is 64.2 Å². The number of benzene rings is 2. The number of carbonyl (C=O) groups is 2. The molecule has 0 bridgehead atoms. The van der Waals surface area contributed by atoms with Crippen molar-refractivity contribution in [1.82, 2.24) is 5.32 Å². The summed E-state index contributed by atoms with van der Waals surface area (Å²) in [5.74, 6) is -0.274. The Balaban J connectivity index is 1.95. The van der Waals surface area contributed by atoms with Gasteiger partial charge in [0, 0.05) is 5.02 Å². The maximum absolute atomic E-state index is 12.1. The van der Waals surface area contributed by atoms with Gasteiger partial charge in [0.25, 0.3) is 11.8 Å². The molecule has 0 aliphatic heterocycles. The predicted octanol–water partition coefficient (Wildman–Crippen LogP) is 3.82. The second-order valence-corrected chi connectivity index (χ2v) is 6.84. The van der Waals surface area contributed by atoms with Gasteiger partial charge in [0.05, 0.1) is 11.6 Å². The Labute approximate surface area is 158 Å². The molecule has 138 valence electrons. The molecule has 0 unspecified atom stereocenters. The number of hydrogen-bond donors (Lipinski definition) is 2. The van der Waals surface area contributed by atoms with Crippen molar-refractivity contribution in [3.63, 3.8) is 0 Å². The van der Waals surface area contributed by atoms with Crippen LogP contribution in [0.2, 0.25) is 5.02 Å². The van der Waals surface area contributed by atoms with Crippen LogP contribution >= 0.6 is 11.6 Å². The Bertz CT molecular complexity index is 788. The number of primary amides is 1. The highest BCUT2D eigenvalue weighted by Crippen LogP contribution is 2.23. The highest BCUT2D eigenvalue weighted by atomic mass is 35.5. The lowest BCUT2D eigenvalue weighted by atomic mass is 9.99. The molecule has 2 aromatic rings. The van der Waals surface area contributed by atoms with Gasteiger partial charge in [0.15, 0.2) is 6.61 Å². The third kappa shape index (κ3) is 5.23. The number of ether oxygens (including phenoxy) is 1. The standard InChI is InChI=1S/C20H23ClN2O3/c1-12(2)14-4-6-15(7-5-14)13(3)23-19(24)11-26-18-9-8-16(21)10-17(18)20(22)25/h4-10,12-13H,11H2,1-3H3,(H2,22,25)(H,23,24)/t13-/m0/s1. The van der Waals surface area contributed by atoms with Gasteiger partial charge in [-0.3, -0.25) is 9.59 Å². The molecule has 5 nitrogen and oxygen atoms in total. The average molecular weight is 375 g/mol. The SMILES string of the molecule is CC(C)c1ccc([C@H](C)NC(=O)COc2ccc(Cl)cc2C(N)=O)cc1. The van der Waals surface area contributed by atoms with Gasteiger partial charge >= 0.3 is 0 Å². The number of nitrogens with one attached hydrogen (secondary N) is 1. The number of carbonyl (C=O) groups excluding carboxylic acids is 2. The van der Waals surface area contributed by atoms with Crippen LogP contribution in [-0.4, -0.2) is 18.4 Å². The number of hydrogen-bond acceptors (Lipinski definition) is 3. The zero-order chi connectivity index (χ0) is 19.3. The molecular weight excluding hydrogens is 352 g/mol. The van der Waals surface area contributed by atoms with Crippen molar-refractivity contribution in [3.8, 4) is 5.75 Å². The van der Waals surface area contributed by atoms with E-state index in [0.29, 0.717) is 10.9 Å². The fraction of sp³-hybridized carbons (Fsp3) is 0.300. The third-order valence-corrected chi connectivity index (χ3v) is 4.28. The topological polar surface area (TPSA) is 81.4 Å². The zero-order valence-corrected chi connectivity index (χ0v) is 15.8. The molecule has 0 aromatic heterocycles. The molecular formula is C20H23ClN2O3. The highest BCUT2D eigenvalue weighted by Gasteiger charge is 2.14. The molecule has 0 aliphatic rings. The van der Waals surface area contributed by atoms with Crippen molar-refractivity contribution in [2.45, 2.75) is 32.7 Å². The van der Waals surface area contributed by atoms with E-state index in [4.69, 9.17) is 22.1 Å². The molecule has 0 fully saturated rings. The van der Waals surface area contributed by atoms with E-state index in [2.05, 4.69) is 31.3 Å². The van der Waals surface area contributed by atoms with E-state index < -0.39 is 5.91 Å². The summed E-state index contributed by atoms with van der Waals surface area (Å²) < 4.78 is 5.43. The summed E-state index contributed by atoms with van der Waals surface area (Å²) in [5.41, 5.74) is 7.70. The van der Waals surface area contributed by atoms with Crippen molar-refractivity contribution in [2.75, 3.05) is 6.61 Å². The van der Waals surface area contributed by atoms with Crippen LogP contribution in [0.15, 0.2) is 42.5 Å². The van der Waals surface area contributed by atoms with Crippen molar-refractivity contribution in [1.29, 1.82) is 0 Å². The van der Waals surface area contributed by atoms with Crippen LogP contribution in [0.25, 0.3) is 0 Å². The first kappa shape index (κ1) is 19.8. The van der Waals surface area contributed by atoms with Gasteiger partial charge in [-0.2, -0.15) is 0 Å². The smallest absolute Gasteiger partial charge is 0.258 e. The monoisotopic (exact) mass is 374 g/mol. The van der Waals surface area contributed by atoms with E-state index in [1.807, 2.05) is 19.1 Å². The summed E-state index contributed by atoms with van der Waals surface area (Å²) in [4.78, 5) is 23.6. The van der Waals surface area contributed by atoms with Crippen LogP contribution in [0, 0.1) is 0 Å². The van der Waals surface area contributed by atoms with Crippen LogP contribution in [0.5, 0.6) is 5.75 Å². The third-order valence-electron chi connectivity index (χ3n) is 4.05. The first-order chi connectivity index (χ1) is 12.3. The lowest BCUT2D eigenvalue weighted by molar-refractivity contribution is -0.123. The van der Waals surface area contributed by atoms with Gasteiger partial charge in [-0.25, -0.2) is 0 Å². The molecule has 3 N–H and O–H groups in total. The van der Waals surface area contributed by atoms with Crippen LogP contribution in [0.4, 0.5) is 0 Å². The van der Waals surface area contributed by atoms with Crippen molar-refractivity contribution >= 4 is 23.4 Å². The maximum atomic E-state index is 12.1. The average Bonchev–Trinajstić information content (AvgIpc) is 2.60. The summed E-state index contributed by atoms with van der Waals surface area (Å²) in [6, 6.07) is 12.5. The molecule has 0 radical (unpaired) electrons. The molecule has 0 saturated heterocycles. The van der Waals surface area contributed by atoms with Gasteiger partial charge in [-0.05, 0) is 42.2 Å². The quantitative estimate of drug-likeness (QED) is 0.772. The number of halogens is 1. The molecule has 0 spiro atoms. The minimum Gasteiger partial charge on any atom is -0.483 e. The molecule has 2 aromatic carbocycles. The predicted molar refractivity (Wildman–Crippen MR) is 103 cm³/mol. The molecule has 6 heteroatoms. The van der Waals surface area contributed by atoms with Gasteiger partial charge in [0.2, 0.25) is 0 Å². The Morgan fingerprint density at radius 2 is 1.69 bits per heavy atom. The van der Waals surface area contributed by atoms with E-state index in [9.17, 15) is 9.59 Å². The molecule has 0 heterocycles. The van der Waals surface area contributed by atoms with E-state index in [1.54, 1.807) is 6.07 Å². The molecule has 26 heavy (non-hydrogen) atoms. The molecule has 2 rings (SSSR count). The van der Waals surface area contributed by atoms with Crippen LogP contribution in [0.1, 0.15) is 54.2 Å². The minimum absolute atomic E-state index is 0.141. The fourth-order valence-corrected chi connectivity index (χ4v) is 2.67. The van der Waals surface area contributed by atoms with Gasteiger partial charge in [0.1, 0.15) is 5.75 Å². The summed E-state index contributed by atoms with van der Waals surface area (Å²) in [6.07, 6.45) is 0. The Kier molecular flexibility index (Phi) is 6.64. The van der Waals surface area contributed by atoms with E-state index >= 15 is 0 Å². The number of nitrogens with two attached hydrogens (primary N) is 1. The molecule has 1 atom stereocenters. The molecule has 2 amide bonds. The summed E-state index contributed by atoms with van der Waals surface area (Å²) >= 11 is 5.85. The van der Waals surface area contributed by atoms with Gasteiger partial charge in [-0.15, -0.1) is 0 Å². The summed E-state index contributed by atoms with van der Waals surface area (Å²) in [6.45, 7) is 5.94. The van der Waals surface area contributed by atoms with Gasteiger partial charge < -0.3 is 15.8 Å². The zero-order valence-electron chi connectivity index (χ0n) is 15.1. The molecule has 0 saturated carbocycles. The minimum atomic E-state index is -0.665.